The third kappa shape index (κ3) is 19.8. The van der Waals surface area contributed by atoms with Crippen molar-refractivity contribution in [2.24, 2.45) is 0 Å². The summed E-state index contributed by atoms with van der Waals surface area (Å²) in [4.78, 5) is 23.4. The first-order chi connectivity index (χ1) is 13.8. The van der Waals surface area contributed by atoms with E-state index in [0.717, 1.165) is 51.4 Å². The fraction of sp³-hybridized carbons (Fsp3) is 0.905. The first-order valence-electron chi connectivity index (χ1n) is 11.1. The molecular formula is C21H39NaO7S. The van der Waals surface area contributed by atoms with Crippen molar-refractivity contribution in [3.8, 4) is 0 Å². The molecule has 0 aromatic carbocycles. The van der Waals surface area contributed by atoms with Crippen LogP contribution in [0.1, 0.15) is 104 Å². The number of hydrogen-bond donors (Lipinski definition) is 0. The molecule has 0 aromatic heterocycles. The summed E-state index contributed by atoms with van der Waals surface area (Å²) in [6.07, 6.45) is 12.5. The maximum Gasteiger partial charge on any atom is 1.00 e. The van der Waals surface area contributed by atoms with Crippen molar-refractivity contribution in [1.82, 2.24) is 0 Å². The Hall–Kier alpha value is -0.150. The summed E-state index contributed by atoms with van der Waals surface area (Å²) in [5, 5.41) is -1.57. The zero-order valence-electron chi connectivity index (χ0n) is 19.2. The summed E-state index contributed by atoms with van der Waals surface area (Å²) >= 11 is 0. The van der Waals surface area contributed by atoms with Crippen molar-refractivity contribution in [2.45, 2.75) is 109 Å². The van der Waals surface area contributed by atoms with Crippen LogP contribution in [0, 0.1) is 0 Å². The third-order valence-electron chi connectivity index (χ3n) is 4.74. The summed E-state index contributed by atoms with van der Waals surface area (Å²) in [6, 6.07) is 0. The van der Waals surface area contributed by atoms with Gasteiger partial charge in [-0.1, -0.05) is 78.1 Å². The number of ether oxygens (including phenoxy) is 2. The van der Waals surface area contributed by atoms with Gasteiger partial charge in [0.05, 0.1) is 0 Å². The van der Waals surface area contributed by atoms with Gasteiger partial charge in [0.25, 0.3) is 0 Å². The average Bonchev–Trinajstić information content (AvgIpc) is 2.66. The van der Waals surface area contributed by atoms with E-state index in [1.807, 2.05) is 0 Å². The maximum atomic E-state index is 11.7. The van der Waals surface area contributed by atoms with Crippen LogP contribution in [0.5, 0.6) is 0 Å². The minimum atomic E-state index is -4.73. The molecule has 0 atom stereocenters. The summed E-state index contributed by atoms with van der Waals surface area (Å²) in [6.45, 7) is 3.10. The van der Waals surface area contributed by atoms with E-state index in [-0.39, 0.29) is 42.4 Å². The summed E-state index contributed by atoms with van der Waals surface area (Å²) < 4.78 is 43.9. The summed E-state index contributed by atoms with van der Waals surface area (Å²) in [5.74, 6) is -1.07. The number of carbonyl (C=O) groups excluding carboxylic acids is 2. The Balaban J connectivity index is 0. The largest absolute Gasteiger partial charge is 1.00 e. The Labute approximate surface area is 205 Å². The fourth-order valence-corrected chi connectivity index (χ4v) is 3.30. The standard InChI is InChI=1S/C21H40O7S.Na/c1-3-5-7-9-11-13-15-20(22)27-17-19(29(24,25)26)18-28-21(23)16-14-12-10-8-6-4-2;/h19H,3-18H2,1-2H3,(H,24,25,26);/q;+1/p-1. The van der Waals surface area contributed by atoms with Gasteiger partial charge in [-0.25, -0.2) is 8.42 Å². The molecule has 172 valence electrons. The van der Waals surface area contributed by atoms with Gasteiger partial charge in [0, 0.05) is 12.8 Å². The van der Waals surface area contributed by atoms with Gasteiger partial charge in [0.15, 0.2) is 0 Å². The predicted molar refractivity (Wildman–Crippen MR) is 111 cm³/mol. The second-order valence-electron chi connectivity index (χ2n) is 7.52. The molecule has 0 bridgehead atoms. The molecule has 0 rings (SSSR count). The quantitative estimate of drug-likeness (QED) is 0.125. The van der Waals surface area contributed by atoms with Gasteiger partial charge in [-0.15, -0.1) is 0 Å². The first-order valence-corrected chi connectivity index (χ1v) is 12.5. The van der Waals surface area contributed by atoms with E-state index >= 15 is 0 Å². The van der Waals surface area contributed by atoms with Crippen LogP contribution in [-0.2, 0) is 29.2 Å². The smallest absolute Gasteiger partial charge is 0.748 e. The monoisotopic (exact) mass is 458 g/mol. The minimum absolute atomic E-state index is 0. The zero-order chi connectivity index (χ0) is 22.0. The van der Waals surface area contributed by atoms with Crippen LogP contribution in [-0.4, -0.2) is 43.4 Å². The molecule has 7 nitrogen and oxygen atoms in total. The number of esters is 2. The molecule has 0 heterocycles. The Morgan fingerprint density at radius 3 is 1.37 bits per heavy atom. The summed E-state index contributed by atoms with van der Waals surface area (Å²) in [7, 11) is -4.73. The Kier molecular flexibility index (Phi) is 22.1. The van der Waals surface area contributed by atoms with Crippen LogP contribution in [0.15, 0.2) is 0 Å². The molecule has 30 heavy (non-hydrogen) atoms. The molecule has 0 unspecified atom stereocenters. The normalized spacial score (nSPS) is 11.2. The van der Waals surface area contributed by atoms with Gasteiger partial charge in [-0.05, 0) is 12.8 Å². The predicted octanol–water partition coefficient (Wildman–Crippen LogP) is 1.49. The molecule has 9 heteroatoms. The van der Waals surface area contributed by atoms with Gasteiger partial charge in [0.1, 0.15) is 28.6 Å². The summed E-state index contributed by atoms with van der Waals surface area (Å²) in [5.41, 5.74) is 0. The average molecular weight is 459 g/mol. The molecule has 0 aliphatic carbocycles. The molecule has 0 aromatic rings. The van der Waals surface area contributed by atoms with Crippen LogP contribution in [0.3, 0.4) is 0 Å². The third-order valence-corrected chi connectivity index (χ3v) is 5.83. The van der Waals surface area contributed by atoms with Crippen LogP contribution in [0.4, 0.5) is 0 Å². The van der Waals surface area contributed by atoms with E-state index < -0.39 is 40.5 Å². The zero-order valence-corrected chi connectivity index (χ0v) is 22.0. The molecule has 0 radical (unpaired) electrons. The number of unbranched alkanes of at least 4 members (excludes halogenated alkanes) is 10. The van der Waals surface area contributed by atoms with E-state index in [4.69, 9.17) is 9.47 Å². The topological polar surface area (TPSA) is 110 Å². The Morgan fingerprint density at radius 1 is 0.700 bits per heavy atom. The molecule has 0 saturated carbocycles. The van der Waals surface area contributed by atoms with E-state index in [1.165, 1.54) is 12.8 Å². The van der Waals surface area contributed by atoms with Crippen molar-refractivity contribution in [3.63, 3.8) is 0 Å². The van der Waals surface area contributed by atoms with Crippen LogP contribution < -0.4 is 29.6 Å². The van der Waals surface area contributed by atoms with Crippen molar-refractivity contribution in [2.75, 3.05) is 13.2 Å². The molecule has 0 N–H and O–H groups in total. The minimum Gasteiger partial charge on any atom is -0.748 e. The fourth-order valence-electron chi connectivity index (χ4n) is 2.83. The first kappa shape index (κ1) is 32.0. The Morgan fingerprint density at radius 2 is 1.03 bits per heavy atom. The van der Waals surface area contributed by atoms with Crippen molar-refractivity contribution in [3.05, 3.63) is 0 Å². The van der Waals surface area contributed by atoms with Gasteiger partial charge in [-0.2, -0.15) is 0 Å². The van der Waals surface area contributed by atoms with Crippen molar-refractivity contribution in [1.29, 1.82) is 0 Å². The molecule has 0 fully saturated rings. The van der Waals surface area contributed by atoms with E-state index in [1.54, 1.807) is 0 Å². The molecule has 0 aliphatic heterocycles. The van der Waals surface area contributed by atoms with Crippen LogP contribution >= 0.6 is 0 Å². The molecule has 0 amide bonds. The van der Waals surface area contributed by atoms with Gasteiger partial charge in [0.2, 0.25) is 0 Å². The molecule has 0 spiro atoms. The van der Waals surface area contributed by atoms with Crippen LogP contribution in [0.2, 0.25) is 0 Å². The number of hydrogen-bond acceptors (Lipinski definition) is 7. The second-order valence-corrected chi connectivity index (χ2v) is 9.17. The number of rotatable bonds is 19. The van der Waals surface area contributed by atoms with E-state index in [0.29, 0.717) is 12.8 Å². The molecule has 0 aliphatic rings. The van der Waals surface area contributed by atoms with E-state index in [9.17, 15) is 22.6 Å². The van der Waals surface area contributed by atoms with Crippen molar-refractivity contribution >= 4 is 22.1 Å². The van der Waals surface area contributed by atoms with Gasteiger partial charge < -0.3 is 14.0 Å². The van der Waals surface area contributed by atoms with Gasteiger partial charge in [-0.3, -0.25) is 9.59 Å². The Bertz CT molecular complexity index is 505. The number of carbonyl (C=O) groups is 2. The van der Waals surface area contributed by atoms with Gasteiger partial charge >= 0.3 is 41.5 Å². The van der Waals surface area contributed by atoms with Crippen molar-refractivity contribution < 1.29 is 61.6 Å². The SMILES string of the molecule is CCCCCCCCC(=O)OCC(COC(=O)CCCCCCCC)S(=O)(=O)[O-].[Na+]. The molecule has 0 saturated heterocycles. The van der Waals surface area contributed by atoms with Crippen LogP contribution in [0.25, 0.3) is 0 Å². The second kappa shape index (κ2) is 20.7. The maximum absolute atomic E-state index is 11.7. The van der Waals surface area contributed by atoms with E-state index in [2.05, 4.69) is 13.8 Å². The molecular weight excluding hydrogens is 419 g/mol.